The van der Waals surface area contributed by atoms with Crippen molar-refractivity contribution in [3.8, 4) is 0 Å². The van der Waals surface area contributed by atoms with E-state index in [0.29, 0.717) is 26.2 Å². The van der Waals surface area contributed by atoms with Crippen molar-refractivity contribution in [3.63, 3.8) is 0 Å². The van der Waals surface area contributed by atoms with Crippen molar-refractivity contribution in [3.05, 3.63) is 0 Å². The lowest BCUT2D eigenvalue weighted by Crippen LogP contribution is -2.51. The zero-order valence-electron chi connectivity index (χ0n) is 14.4. The molecule has 3 bridgehead atoms. The van der Waals surface area contributed by atoms with Crippen LogP contribution >= 0.6 is 0 Å². The molecule has 0 aromatic carbocycles. The van der Waals surface area contributed by atoms with E-state index in [9.17, 15) is 19.2 Å². The minimum atomic E-state index is -1.82. The maximum absolute atomic E-state index is 12.5. The highest BCUT2D eigenvalue weighted by molar-refractivity contribution is 5.87. The van der Waals surface area contributed by atoms with Crippen molar-refractivity contribution in [2.75, 3.05) is 59.4 Å². The number of fused-ring (bicyclic) bond motifs is 5. The first-order valence-corrected chi connectivity index (χ1v) is 8.44. The van der Waals surface area contributed by atoms with Crippen molar-refractivity contribution in [2.24, 2.45) is 0 Å². The van der Waals surface area contributed by atoms with Crippen LogP contribution in [0.15, 0.2) is 0 Å². The van der Waals surface area contributed by atoms with Gasteiger partial charge in [-0.3, -0.25) is 33.9 Å². The Bertz CT molecular complexity index is 572. The normalized spacial score (nSPS) is 35.6. The van der Waals surface area contributed by atoms with Crippen molar-refractivity contribution in [2.45, 2.75) is 18.6 Å². The highest BCUT2D eigenvalue weighted by Crippen LogP contribution is 2.27. The Morgan fingerprint density at radius 3 is 1.88 bits per heavy atom. The number of hydrogen-bond donors (Lipinski definition) is 0. The number of carbonyl (C=O) groups is 4. The third-order valence-electron chi connectivity index (χ3n) is 4.61. The van der Waals surface area contributed by atoms with E-state index in [1.54, 1.807) is 4.90 Å². The molecule has 0 amide bonds. The average Bonchev–Trinajstić information content (AvgIpc) is 2.50. The Balaban J connectivity index is 2.01. The van der Waals surface area contributed by atoms with Crippen LogP contribution in [0.3, 0.4) is 0 Å². The Morgan fingerprint density at radius 2 is 1.24 bits per heavy atom. The minimum absolute atomic E-state index is 0.0625. The third kappa shape index (κ3) is 4.62. The van der Waals surface area contributed by atoms with Crippen LogP contribution < -0.4 is 0 Å². The lowest BCUT2D eigenvalue weighted by Gasteiger charge is -2.35. The molecule has 138 valence electrons. The molecule has 9 heteroatoms. The largest absolute Gasteiger partial charge is 0.421 e. The molecule has 1 atom stereocenters. The molecule has 4 fully saturated rings. The zero-order valence-corrected chi connectivity index (χ0v) is 14.4. The van der Waals surface area contributed by atoms with Gasteiger partial charge < -0.3 is 9.47 Å². The van der Waals surface area contributed by atoms with Gasteiger partial charge in [0.1, 0.15) is 0 Å². The molecular weight excluding hydrogens is 330 g/mol. The SMILES string of the molecule is CN1CCN2CCN3CC(=O)OC(CC(=O)C1)(CC(=O)C2)OC(=O)C3. The molecule has 4 saturated heterocycles. The number of rotatable bonds is 0. The molecule has 4 aliphatic heterocycles. The summed E-state index contributed by atoms with van der Waals surface area (Å²) in [5.41, 5.74) is 0. The molecule has 0 aromatic rings. The van der Waals surface area contributed by atoms with Crippen LogP contribution in [0.5, 0.6) is 0 Å². The van der Waals surface area contributed by atoms with Gasteiger partial charge in [-0.05, 0) is 7.05 Å². The predicted molar refractivity (Wildman–Crippen MR) is 84.5 cm³/mol. The first-order valence-electron chi connectivity index (χ1n) is 8.44. The van der Waals surface area contributed by atoms with Crippen LogP contribution in [0.2, 0.25) is 0 Å². The van der Waals surface area contributed by atoms with Gasteiger partial charge in [0.25, 0.3) is 5.79 Å². The van der Waals surface area contributed by atoms with Crippen LogP contribution in [-0.4, -0.2) is 103 Å². The molecule has 25 heavy (non-hydrogen) atoms. The van der Waals surface area contributed by atoms with Crippen LogP contribution in [-0.2, 0) is 28.7 Å². The van der Waals surface area contributed by atoms with Crippen molar-refractivity contribution < 1.29 is 28.7 Å². The Labute approximate surface area is 145 Å². The van der Waals surface area contributed by atoms with E-state index in [0.717, 1.165) is 0 Å². The highest BCUT2D eigenvalue weighted by atomic mass is 16.7. The number of esters is 2. The fraction of sp³-hybridized carbons (Fsp3) is 0.750. The molecule has 4 heterocycles. The Kier molecular flexibility index (Phi) is 5.16. The molecule has 1 spiro atoms. The van der Waals surface area contributed by atoms with Gasteiger partial charge >= 0.3 is 11.9 Å². The summed E-state index contributed by atoms with van der Waals surface area (Å²) in [6.45, 7) is 2.46. The standard InChI is InChI=1S/C16H23N3O6/c1-17-2-3-18-4-5-19-10-14(22)24-16(6-12(20)8-17,7-13(21)9-18)25-15(23)11-19/h2-11H2,1H3. The molecular formula is C16H23N3O6. The van der Waals surface area contributed by atoms with Gasteiger partial charge in [-0.15, -0.1) is 0 Å². The number of carbonyl (C=O) groups excluding carboxylic acids is 4. The number of ether oxygens (including phenoxy) is 2. The quantitative estimate of drug-likeness (QED) is 0.470. The lowest BCUT2D eigenvalue weighted by molar-refractivity contribution is -0.236. The third-order valence-corrected chi connectivity index (χ3v) is 4.61. The fourth-order valence-electron chi connectivity index (χ4n) is 3.49. The number of nitrogens with zero attached hydrogens (tertiary/aromatic N) is 3. The molecule has 4 rings (SSSR count). The summed E-state index contributed by atoms with van der Waals surface area (Å²) in [4.78, 5) is 54.9. The fourth-order valence-corrected chi connectivity index (χ4v) is 3.49. The van der Waals surface area contributed by atoms with E-state index in [1.807, 2.05) is 16.8 Å². The van der Waals surface area contributed by atoms with Crippen LogP contribution in [0.25, 0.3) is 0 Å². The maximum Gasteiger partial charge on any atom is 0.323 e. The van der Waals surface area contributed by atoms with Crippen molar-refractivity contribution >= 4 is 23.5 Å². The van der Waals surface area contributed by atoms with Gasteiger partial charge in [0.05, 0.1) is 39.0 Å². The molecule has 0 aliphatic carbocycles. The van der Waals surface area contributed by atoms with Gasteiger partial charge in [0.2, 0.25) is 0 Å². The van der Waals surface area contributed by atoms with E-state index in [4.69, 9.17) is 9.47 Å². The molecule has 4 aliphatic rings. The second-order valence-corrected chi connectivity index (χ2v) is 7.01. The van der Waals surface area contributed by atoms with Crippen LogP contribution in [0.4, 0.5) is 0 Å². The van der Waals surface area contributed by atoms with E-state index >= 15 is 0 Å². The second-order valence-electron chi connectivity index (χ2n) is 7.01. The predicted octanol–water partition coefficient (Wildman–Crippen LogP) is -1.74. The first-order chi connectivity index (χ1) is 11.8. The highest BCUT2D eigenvalue weighted by Gasteiger charge is 2.45. The van der Waals surface area contributed by atoms with E-state index in [-0.39, 0.29) is 50.6 Å². The summed E-state index contributed by atoms with van der Waals surface area (Å²) in [5.74, 6) is -3.46. The van der Waals surface area contributed by atoms with Gasteiger partial charge in [0, 0.05) is 26.2 Å². The number of ketones is 2. The lowest BCUT2D eigenvalue weighted by atomic mass is 10.0. The van der Waals surface area contributed by atoms with E-state index in [1.165, 1.54) is 0 Å². The van der Waals surface area contributed by atoms with E-state index in [2.05, 4.69) is 0 Å². The number of hydrogen-bond acceptors (Lipinski definition) is 9. The molecule has 0 radical (unpaired) electrons. The summed E-state index contributed by atoms with van der Waals surface area (Å²) in [6, 6.07) is 0. The van der Waals surface area contributed by atoms with E-state index < -0.39 is 17.7 Å². The van der Waals surface area contributed by atoms with Crippen molar-refractivity contribution in [1.82, 2.24) is 14.7 Å². The first kappa shape index (κ1) is 18.0. The van der Waals surface area contributed by atoms with Gasteiger partial charge in [-0.25, -0.2) is 0 Å². The molecule has 0 saturated carbocycles. The molecule has 9 nitrogen and oxygen atoms in total. The zero-order chi connectivity index (χ0) is 18.0. The summed E-state index contributed by atoms with van der Waals surface area (Å²) < 4.78 is 10.8. The smallest absolute Gasteiger partial charge is 0.323 e. The van der Waals surface area contributed by atoms with Crippen LogP contribution in [0, 0.1) is 0 Å². The summed E-state index contributed by atoms with van der Waals surface area (Å²) in [5, 5.41) is 0. The number of Topliss-reactive ketones (excluding diaryl/α,β-unsaturated/α-hetero) is 2. The van der Waals surface area contributed by atoms with Gasteiger partial charge in [0.15, 0.2) is 11.6 Å². The summed E-state index contributed by atoms with van der Waals surface area (Å²) >= 11 is 0. The average molecular weight is 353 g/mol. The molecule has 1 unspecified atom stereocenters. The monoisotopic (exact) mass is 353 g/mol. The Hall–Kier alpha value is -1.84. The number of likely N-dealkylation sites (N-methyl/N-ethyl adjacent to an activating group) is 1. The second kappa shape index (κ2) is 7.19. The summed E-state index contributed by atoms with van der Waals surface area (Å²) in [6.07, 6.45) is -0.600. The minimum Gasteiger partial charge on any atom is -0.421 e. The summed E-state index contributed by atoms with van der Waals surface area (Å²) in [7, 11) is 1.82. The van der Waals surface area contributed by atoms with Gasteiger partial charge in [-0.2, -0.15) is 0 Å². The topological polar surface area (TPSA) is 96.5 Å². The van der Waals surface area contributed by atoms with Crippen molar-refractivity contribution in [1.29, 1.82) is 0 Å². The molecule has 0 N–H and O–H groups in total. The Morgan fingerprint density at radius 1 is 0.720 bits per heavy atom. The molecule has 0 aromatic heterocycles. The maximum atomic E-state index is 12.5. The van der Waals surface area contributed by atoms with Gasteiger partial charge in [-0.1, -0.05) is 0 Å². The van der Waals surface area contributed by atoms with Crippen LogP contribution in [0.1, 0.15) is 12.8 Å².